The summed E-state index contributed by atoms with van der Waals surface area (Å²) in [4.78, 5) is 28.8. The monoisotopic (exact) mass is 703 g/mol. The Kier molecular flexibility index (Phi) is 11.9. The molecule has 0 heterocycles. The average Bonchev–Trinajstić information content (AvgIpc) is 3.05. The first kappa shape index (κ1) is 36.4. The van der Waals surface area contributed by atoms with E-state index in [1.54, 1.807) is 43.3 Å². The Bertz CT molecular complexity index is 1840. The number of hydrogen-bond donors (Lipinski definition) is 1. The van der Waals surface area contributed by atoms with E-state index in [0.717, 1.165) is 22.6 Å². The van der Waals surface area contributed by atoms with Crippen molar-refractivity contribution in [1.29, 1.82) is 0 Å². The van der Waals surface area contributed by atoms with Gasteiger partial charge >= 0.3 is 6.18 Å². The van der Waals surface area contributed by atoms with Crippen molar-refractivity contribution in [3.05, 3.63) is 130 Å². The number of alkyl halides is 3. The molecule has 4 aromatic rings. The number of amides is 2. The summed E-state index contributed by atoms with van der Waals surface area (Å²) in [5.41, 5.74) is -0.354. The lowest BCUT2D eigenvalue weighted by atomic mass is 10.0. The van der Waals surface area contributed by atoms with Crippen LogP contribution in [-0.2, 0) is 38.8 Å². The van der Waals surface area contributed by atoms with Crippen LogP contribution in [0, 0.1) is 12.7 Å². The largest absolute Gasteiger partial charge is 0.417 e. The highest BCUT2D eigenvalue weighted by molar-refractivity contribution is 7.92. The van der Waals surface area contributed by atoms with Gasteiger partial charge in [-0.15, -0.1) is 0 Å². The highest BCUT2D eigenvalue weighted by Crippen LogP contribution is 2.38. The molecule has 4 rings (SSSR count). The smallest absolute Gasteiger partial charge is 0.354 e. The second-order valence-electron chi connectivity index (χ2n) is 11.1. The minimum absolute atomic E-state index is 0.0134. The number of nitrogens with zero attached hydrogens (tertiary/aromatic N) is 2. The standard InChI is InChI=1S/C35H34ClF4N3O4S/c1-3-19-41-34(45)32(20-25-9-5-4-6-10-25)42(22-26-11-7-8-12-31(26)37)33(44)23-43(48(46,47)28-16-13-24(2)14-17-28)27-15-18-30(36)29(21-27)35(38,39)40/h4-18,21,32H,3,19-20,22-23H2,1-2H3,(H,41,45)/t32-/m0/s1. The molecule has 1 N–H and O–H groups in total. The maximum atomic E-state index is 15.0. The van der Waals surface area contributed by atoms with Gasteiger partial charge in [0.15, 0.2) is 0 Å². The van der Waals surface area contributed by atoms with E-state index in [0.29, 0.717) is 22.4 Å². The quantitative estimate of drug-likeness (QED) is 0.150. The Morgan fingerprint density at radius 2 is 1.56 bits per heavy atom. The van der Waals surface area contributed by atoms with E-state index < -0.39 is 69.2 Å². The summed E-state index contributed by atoms with van der Waals surface area (Å²) in [5, 5.41) is 2.10. The van der Waals surface area contributed by atoms with E-state index in [9.17, 15) is 31.2 Å². The number of halogens is 5. The van der Waals surface area contributed by atoms with Gasteiger partial charge < -0.3 is 10.2 Å². The second kappa shape index (κ2) is 15.7. The van der Waals surface area contributed by atoms with Crippen molar-refractivity contribution in [1.82, 2.24) is 10.2 Å². The van der Waals surface area contributed by atoms with Gasteiger partial charge in [0.1, 0.15) is 18.4 Å². The van der Waals surface area contributed by atoms with E-state index in [1.807, 2.05) is 6.92 Å². The van der Waals surface area contributed by atoms with E-state index >= 15 is 4.39 Å². The molecule has 1 atom stereocenters. The number of carbonyl (C=O) groups excluding carboxylic acids is 2. The van der Waals surface area contributed by atoms with Crippen LogP contribution < -0.4 is 9.62 Å². The van der Waals surface area contributed by atoms with Gasteiger partial charge in [-0.05, 0) is 55.3 Å². The molecule has 0 radical (unpaired) electrons. The van der Waals surface area contributed by atoms with Crippen molar-refractivity contribution in [2.24, 2.45) is 0 Å². The van der Waals surface area contributed by atoms with E-state index in [2.05, 4.69) is 5.32 Å². The van der Waals surface area contributed by atoms with Crippen LogP contribution in [0.15, 0.2) is 102 Å². The van der Waals surface area contributed by atoms with Crippen molar-refractivity contribution >= 4 is 39.1 Å². The molecule has 2 amide bonds. The van der Waals surface area contributed by atoms with Crippen molar-refractivity contribution in [2.75, 3.05) is 17.4 Å². The third-order valence-corrected chi connectivity index (χ3v) is 9.67. The molecule has 0 bridgehead atoms. The zero-order chi connectivity index (χ0) is 35.1. The lowest BCUT2D eigenvalue weighted by Crippen LogP contribution is -2.53. The second-order valence-corrected chi connectivity index (χ2v) is 13.4. The number of rotatable bonds is 13. The minimum atomic E-state index is -4.94. The Morgan fingerprint density at radius 1 is 0.917 bits per heavy atom. The lowest BCUT2D eigenvalue weighted by molar-refractivity contribution is -0.140. The highest BCUT2D eigenvalue weighted by atomic mass is 35.5. The number of benzene rings is 4. The van der Waals surface area contributed by atoms with Gasteiger partial charge in [-0.25, -0.2) is 12.8 Å². The van der Waals surface area contributed by atoms with Crippen LogP contribution in [0.25, 0.3) is 0 Å². The Balaban J connectivity index is 1.87. The van der Waals surface area contributed by atoms with E-state index in [-0.39, 0.29) is 23.4 Å². The molecule has 0 spiro atoms. The fraction of sp³-hybridized carbons (Fsp3) is 0.257. The van der Waals surface area contributed by atoms with Crippen molar-refractivity contribution in [3.63, 3.8) is 0 Å². The van der Waals surface area contributed by atoms with Crippen LogP contribution in [0.5, 0.6) is 0 Å². The van der Waals surface area contributed by atoms with Crippen molar-refractivity contribution < 1.29 is 35.6 Å². The van der Waals surface area contributed by atoms with Crippen molar-refractivity contribution in [3.8, 4) is 0 Å². The third-order valence-electron chi connectivity index (χ3n) is 7.55. The lowest BCUT2D eigenvalue weighted by Gasteiger charge is -2.34. The molecule has 48 heavy (non-hydrogen) atoms. The van der Waals surface area contributed by atoms with Crippen LogP contribution in [-0.4, -0.2) is 44.3 Å². The van der Waals surface area contributed by atoms with Crippen LogP contribution in [0.2, 0.25) is 5.02 Å². The zero-order valence-electron chi connectivity index (χ0n) is 26.2. The molecule has 0 saturated carbocycles. The van der Waals surface area contributed by atoms with Crippen LogP contribution in [0.1, 0.15) is 35.6 Å². The Hall–Kier alpha value is -4.42. The summed E-state index contributed by atoms with van der Waals surface area (Å²) in [6.45, 7) is 2.38. The normalized spacial score (nSPS) is 12.3. The molecule has 0 aliphatic heterocycles. The first-order valence-electron chi connectivity index (χ1n) is 15.0. The van der Waals surface area contributed by atoms with Gasteiger partial charge in [0.25, 0.3) is 10.0 Å². The first-order chi connectivity index (χ1) is 22.7. The molecule has 0 aliphatic rings. The van der Waals surface area contributed by atoms with Gasteiger partial charge in [-0.2, -0.15) is 13.2 Å². The molecular formula is C35H34ClF4N3O4S. The molecule has 7 nitrogen and oxygen atoms in total. The number of hydrogen-bond acceptors (Lipinski definition) is 4. The average molecular weight is 704 g/mol. The summed E-state index contributed by atoms with van der Waals surface area (Å²) in [6, 6.07) is 21.2. The molecule has 0 aromatic heterocycles. The molecule has 13 heteroatoms. The van der Waals surface area contributed by atoms with E-state index in [1.165, 1.54) is 42.5 Å². The first-order valence-corrected chi connectivity index (χ1v) is 16.8. The van der Waals surface area contributed by atoms with E-state index in [4.69, 9.17) is 11.6 Å². The van der Waals surface area contributed by atoms with Crippen molar-refractivity contribution in [2.45, 2.75) is 50.3 Å². The predicted molar refractivity (Wildman–Crippen MR) is 176 cm³/mol. The third kappa shape index (κ3) is 8.93. The summed E-state index contributed by atoms with van der Waals surface area (Å²) in [7, 11) is -4.67. The maximum Gasteiger partial charge on any atom is 0.417 e. The predicted octanol–water partition coefficient (Wildman–Crippen LogP) is 7.17. The molecule has 0 saturated heterocycles. The fourth-order valence-corrected chi connectivity index (χ4v) is 6.61. The van der Waals surface area contributed by atoms with Crippen LogP contribution >= 0.6 is 11.6 Å². The minimum Gasteiger partial charge on any atom is -0.354 e. The number of anilines is 1. The summed E-state index contributed by atoms with van der Waals surface area (Å²) >= 11 is 5.85. The number of aryl methyl sites for hydroxylation is 1. The molecule has 0 fully saturated rings. The summed E-state index contributed by atoms with van der Waals surface area (Å²) in [5.74, 6) is -2.19. The van der Waals surface area contributed by atoms with Gasteiger partial charge in [0, 0.05) is 25.1 Å². The molecule has 0 unspecified atom stereocenters. The number of carbonyl (C=O) groups is 2. The Labute approximate surface area is 282 Å². The SMILES string of the molecule is CCCNC(=O)[C@H](Cc1ccccc1)N(Cc1ccccc1F)C(=O)CN(c1ccc(Cl)c(C(F)(F)F)c1)S(=O)(=O)c1ccc(C)cc1. The topological polar surface area (TPSA) is 86.8 Å². The van der Waals surface area contributed by atoms with Gasteiger partial charge in [-0.1, -0.05) is 84.8 Å². The summed E-state index contributed by atoms with van der Waals surface area (Å²) < 4.78 is 85.5. The molecule has 0 aliphatic carbocycles. The number of sulfonamides is 1. The molecule has 4 aromatic carbocycles. The van der Waals surface area contributed by atoms with Crippen LogP contribution in [0.4, 0.5) is 23.2 Å². The highest BCUT2D eigenvalue weighted by Gasteiger charge is 2.38. The van der Waals surface area contributed by atoms with Gasteiger partial charge in [0.05, 0.1) is 21.2 Å². The molecular weight excluding hydrogens is 670 g/mol. The van der Waals surface area contributed by atoms with Gasteiger partial charge in [-0.3, -0.25) is 13.9 Å². The fourth-order valence-electron chi connectivity index (χ4n) is 4.98. The van der Waals surface area contributed by atoms with Crippen LogP contribution in [0.3, 0.4) is 0 Å². The van der Waals surface area contributed by atoms with Gasteiger partial charge in [0.2, 0.25) is 11.8 Å². The summed E-state index contributed by atoms with van der Waals surface area (Å²) in [6.07, 6.45) is -4.38. The zero-order valence-corrected chi connectivity index (χ0v) is 27.7. The Morgan fingerprint density at radius 3 is 2.19 bits per heavy atom. The maximum absolute atomic E-state index is 15.0. The molecule has 254 valence electrons. The number of nitrogens with one attached hydrogen (secondary N) is 1.